The average molecular weight is 413 g/mol. The fraction of sp³-hybridized carbons (Fsp3) is 0.905. The fourth-order valence-corrected chi connectivity index (χ4v) is 1.56. The number of ether oxygens (including phenoxy) is 2. The van der Waals surface area contributed by atoms with Crippen LogP contribution in [0, 0.1) is 10.8 Å². The lowest BCUT2D eigenvalue weighted by molar-refractivity contribution is -0.221. The fourth-order valence-electron chi connectivity index (χ4n) is 1.56. The van der Waals surface area contributed by atoms with E-state index in [1.165, 1.54) is 12.8 Å². The number of carbonyl (C=O) groups excluding carboxylic acids is 2. The Balaban J connectivity index is 0. The third-order valence-corrected chi connectivity index (χ3v) is 4.85. The molecule has 0 radical (unpaired) electrons. The zero-order chi connectivity index (χ0) is 22.6. The van der Waals surface area contributed by atoms with Crippen LogP contribution in [0.5, 0.6) is 0 Å². The molecule has 168 valence electrons. The topological polar surface area (TPSA) is 52.6 Å². The van der Waals surface area contributed by atoms with Crippen molar-refractivity contribution in [3.05, 3.63) is 0 Å². The number of unbranched alkanes of at least 4 members (excludes halogenated alkanes) is 3. The summed E-state index contributed by atoms with van der Waals surface area (Å²) in [6.07, 6.45) is -0.643. The van der Waals surface area contributed by atoms with Gasteiger partial charge in [0.2, 0.25) is 0 Å². The van der Waals surface area contributed by atoms with Crippen molar-refractivity contribution in [1.82, 2.24) is 0 Å². The van der Waals surface area contributed by atoms with Crippen molar-refractivity contribution in [1.29, 1.82) is 0 Å². The first-order valence-corrected chi connectivity index (χ1v) is 10.1. The van der Waals surface area contributed by atoms with E-state index in [1.807, 2.05) is 20.8 Å². The Bertz CT molecular complexity index is 457. The number of alkyl halides is 3. The van der Waals surface area contributed by atoms with Crippen LogP contribution in [-0.4, -0.2) is 30.8 Å². The van der Waals surface area contributed by atoms with Crippen LogP contribution in [0.1, 0.15) is 93.9 Å². The number of carbonyl (C=O) groups is 2. The van der Waals surface area contributed by atoms with E-state index in [0.29, 0.717) is 13.0 Å². The van der Waals surface area contributed by atoms with Gasteiger partial charge in [-0.2, -0.15) is 13.2 Å². The predicted octanol–water partition coefficient (Wildman–Crippen LogP) is 6.46. The molecule has 1 atom stereocenters. The zero-order valence-electron chi connectivity index (χ0n) is 18.8. The lowest BCUT2D eigenvalue weighted by Crippen LogP contribution is -2.36. The smallest absolute Gasteiger partial charge is 0.425 e. The van der Waals surface area contributed by atoms with Crippen LogP contribution >= 0.6 is 0 Å². The van der Waals surface area contributed by atoms with Gasteiger partial charge in [0.25, 0.3) is 0 Å². The molecule has 1 unspecified atom stereocenters. The van der Waals surface area contributed by atoms with Crippen molar-refractivity contribution in [2.24, 2.45) is 10.8 Å². The highest BCUT2D eigenvalue weighted by Gasteiger charge is 2.41. The molecule has 4 nitrogen and oxygen atoms in total. The average Bonchev–Trinajstić information content (AvgIpc) is 2.60. The van der Waals surface area contributed by atoms with Crippen LogP contribution in [0.3, 0.4) is 0 Å². The van der Waals surface area contributed by atoms with Crippen LogP contribution in [0.4, 0.5) is 13.2 Å². The summed E-state index contributed by atoms with van der Waals surface area (Å²) >= 11 is 0. The second-order valence-corrected chi connectivity index (χ2v) is 8.26. The molecule has 0 saturated heterocycles. The van der Waals surface area contributed by atoms with Gasteiger partial charge in [-0.05, 0) is 53.9 Å². The molecule has 0 fully saturated rings. The van der Waals surface area contributed by atoms with Gasteiger partial charge in [-0.3, -0.25) is 9.59 Å². The van der Waals surface area contributed by atoms with E-state index in [2.05, 4.69) is 11.7 Å². The molecule has 0 spiro atoms. The van der Waals surface area contributed by atoms with Crippen molar-refractivity contribution in [3.8, 4) is 0 Å². The minimum atomic E-state index is -4.49. The van der Waals surface area contributed by atoms with Crippen molar-refractivity contribution in [2.45, 2.75) is 106 Å². The minimum Gasteiger partial charge on any atom is -0.465 e. The largest absolute Gasteiger partial charge is 0.465 e. The summed E-state index contributed by atoms with van der Waals surface area (Å²) in [5.41, 5.74) is -1.18. The van der Waals surface area contributed by atoms with Gasteiger partial charge < -0.3 is 9.47 Å². The van der Waals surface area contributed by atoms with Crippen LogP contribution in [0.25, 0.3) is 0 Å². The van der Waals surface area contributed by atoms with Crippen LogP contribution < -0.4 is 0 Å². The molecule has 0 heterocycles. The maximum atomic E-state index is 12.0. The summed E-state index contributed by atoms with van der Waals surface area (Å²) < 4.78 is 45.6. The molecular formula is C21H39F3O4. The van der Waals surface area contributed by atoms with E-state index in [-0.39, 0.29) is 11.4 Å². The van der Waals surface area contributed by atoms with Gasteiger partial charge in [-0.1, -0.05) is 40.0 Å². The molecule has 0 aromatic heterocycles. The van der Waals surface area contributed by atoms with E-state index in [9.17, 15) is 22.8 Å². The summed E-state index contributed by atoms with van der Waals surface area (Å²) in [7, 11) is 0. The third kappa shape index (κ3) is 12.2. The zero-order valence-corrected chi connectivity index (χ0v) is 18.8. The Hall–Kier alpha value is -1.27. The second kappa shape index (κ2) is 13.0. The summed E-state index contributed by atoms with van der Waals surface area (Å²) in [6.45, 7) is 14.3. The van der Waals surface area contributed by atoms with Crippen LogP contribution in [0.15, 0.2) is 0 Å². The lowest BCUT2D eigenvalue weighted by Gasteiger charge is -2.24. The third-order valence-electron chi connectivity index (χ3n) is 4.85. The van der Waals surface area contributed by atoms with Crippen molar-refractivity contribution < 1.29 is 32.2 Å². The van der Waals surface area contributed by atoms with Crippen molar-refractivity contribution >= 4 is 11.9 Å². The molecule has 0 N–H and O–H groups in total. The van der Waals surface area contributed by atoms with Crippen LogP contribution in [0.2, 0.25) is 0 Å². The molecule has 0 aromatic carbocycles. The quantitative estimate of drug-likeness (QED) is 0.305. The maximum absolute atomic E-state index is 12.0. The molecule has 7 heteroatoms. The molecule has 0 aliphatic heterocycles. The minimum absolute atomic E-state index is 0.0588. The van der Waals surface area contributed by atoms with Gasteiger partial charge in [0.1, 0.15) is 0 Å². The van der Waals surface area contributed by atoms with E-state index in [1.54, 1.807) is 20.8 Å². The number of hydrogen-bond donors (Lipinski definition) is 0. The summed E-state index contributed by atoms with van der Waals surface area (Å²) in [5.74, 6) is -0.874. The Morgan fingerprint density at radius 3 is 1.68 bits per heavy atom. The standard InChI is InChI=1S/C12H24O2.C9H15F3O2/c1-5-7-8-9-10-14-11(13)12(3,4)6-2;1-5-8(3,4)7(13)14-6(2)9(10,11)12/h5-10H2,1-4H3;6H,5H2,1-4H3. The first-order valence-electron chi connectivity index (χ1n) is 10.1. The highest BCUT2D eigenvalue weighted by Crippen LogP contribution is 2.27. The lowest BCUT2D eigenvalue weighted by atomic mass is 9.90. The molecule has 0 amide bonds. The van der Waals surface area contributed by atoms with Gasteiger partial charge >= 0.3 is 18.1 Å². The Kier molecular flexibility index (Phi) is 13.5. The van der Waals surface area contributed by atoms with E-state index < -0.39 is 23.7 Å². The van der Waals surface area contributed by atoms with E-state index >= 15 is 0 Å². The molecule has 0 aliphatic carbocycles. The molecule has 0 aromatic rings. The van der Waals surface area contributed by atoms with E-state index in [0.717, 1.165) is 26.2 Å². The van der Waals surface area contributed by atoms with E-state index in [4.69, 9.17) is 4.74 Å². The highest BCUT2D eigenvalue weighted by molar-refractivity contribution is 5.76. The molecule has 28 heavy (non-hydrogen) atoms. The number of hydrogen-bond acceptors (Lipinski definition) is 4. The van der Waals surface area contributed by atoms with Gasteiger partial charge in [0.15, 0.2) is 6.10 Å². The molecule has 0 rings (SSSR count). The maximum Gasteiger partial charge on any atom is 0.425 e. The van der Waals surface area contributed by atoms with Crippen molar-refractivity contribution in [2.75, 3.05) is 6.61 Å². The normalized spacial score (nSPS) is 13.2. The number of halogens is 3. The molecule has 0 aliphatic rings. The van der Waals surface area contributed by atoms with Crippen LogP contribution in [-0.2, 0) is 19.1 Å². The second-order valence-electron chi connectivity index (χ2n) is 8.26. The first-order chi connectivity index (χ1) is 12.7. The Morgan fingerprint density at radius 1 is 0.821 bits per heavy atom. The highest BCUT2D eigenvalue weighted by atomic mass is 19.4. The summed E-state index contributed by atoms with van der Waals surface area (Å²) in [4.78, 5) is 22.7. The molecule has 0 bridgehead atoms. The predicted molar refractivity (Wildman–Crippen MR) is 105 cm³/mol. The van der Waals surface area contributed by atoms with Gasteiger partial charge in [0, 0.05) is 0 Å². The molecule has 0 saturated carbocycles. The Morgan fingerprint density at radius 2 is 1.29 bits per heavy atom. The summed E-state index contributed by atoms with van der Waals surface area (Å²) in [6, 6.07) is 0. The SMILES string of the molecule is CCC(C)(C)C(=O)OC(C)C(F)(F)F.CCCCCCOC(=O)C(C)(C)CC. The first kappa shape index (κ1) is 28.9. The number of esters is 2. The molecular weight excluding hydrogens is 373 g/mol. The Labute approximate surface area is 168 Å². The van der Waals surface area contributed by atoms with Gasteiger partial charge in [-0.15, -0.1) is 0 Å². The van der Waals surface area contributed by atoms with Gasteiger partial charge in [0.05, 0.1) is 17.4 Å². The monoisotopic (exact) mass is 412 g/mol. The number of rotatable bonds is 10. The summed E-state index contributed by atoms with van der Waals surface area (Å²) in [5, 5.41) is 0. The van der Waals surface area contributed by atoms with Crippen molar-refractivity contribution in [3.63, 3.8) is 0 Å². The van der Waals surface area contributed by atoms with Gasteiger partial charge in [-0.25, -0.2) is 0 Å².